The minimum absolute atomic E-state index is 0.187. The van der Waals surface area contributed by atoms with Gasteiger partial charge in [-0.3, -0.25) is 9.59 Å². The summed E-state index contributed by atoms with van der Waals surface area (Å²) in [5.41, 5.74) is 0.901. The first-order chi connectivity index (χ1) is 15.4. The number of rotatable bonds is 6. The van der Waals surface area contributed by atoms with E-state index in [1.54, 1.807) is 36.4 Å². The van der Waals surface area contributed by atoms with Gasteiger partial charge in [-0.1, -0.05) is 29.3 Å². The standard InChI is InChI=1S/C23H17Cl2NO6/c1-29-17-5-3-4-14-22(28)13-7-6-12(8-18(13)32-23(14)17)26-21(27)11-31-20-10-19(30-2)15(24)9-16(20)25/h3-10H,11H2,1-2H3,(H,26,27). The van der Waals surface area contributed by atoms with Gasteiger partial charge in [0.25, 0.3) is 5.91 Å². The molecular formula is C23H17Cl2NO6. The Morgan fingerprint density at radius 3 is 2.44 bits per heavy atom. The summed E-state index contributed by atoms with van der Waals surface area (Å²) >= 11 is 12.1. The summed E-state index contributed by atoms with van der Waals surface area (Å²) in [5.74, 6) is 0.638. The van der Waals surface area contributed by atoms with Gasteiger partial charge in [0.1, 0.15) is 17.1 Å². The summed E-state index contributed by atoms with van der Waals surface area (Å²) in [6, 6.07) is 12.9. The number of fused-ring (bicyclic) bond motifs is 2. The van der Waals surface area contributed by atoms with Gasteiger partial charge in [0.05, 0.1) is 35.0 Å². The third-order valence-corrected chi connectivity index (χ3v) is 5.32. The SMILES string of the molecule is COc1cc(OCC(=O)Nc2ccc3c(=O)c4cccc(OC)c4oc3c2)c(Cl)cc1Cl. The number of methoxy groups -OCH3 is 2. The summed E-state index contributed by atoms with van der Waals surface area (Å²) < 4.78 is 21.8. The molecule has 7 nitrogen and oxygen atoms in total. The maximum atomic E-state index is 12.8. The predicted molar refractivity (Wildman–Crippen MR) is 124 cm³/mol. The molecule has 4 aromatic rings. The van der Waals surface area contributed by atoms with Crippen molar-refractivity contribution in [1.29, 1.82) is 0 Å². The van der Waals surface area contributed by atoms with Gasteiger partial charge in [0.15, 0.2) is 17.9 Å². The van der Waals surface area contributed by atoms with E-state index in [1.165, 1.54) is 26.4 Å². The Morgan fingerprint density at radius 2 is 1.69 bits per heavy atom. The normalized spacial score (nSPS) is 10.9. The largest absolute Gasteiger partial charge is 0.495 e. The summed E-state index contributed by atoms with van der Waals surface area (Å²) in [6.45, 7) is -0.308. The minimum atomic E-state index is -0.435. The van der Waals surface area contributed by atoms with Crippen molar-refractivity contribution >= 4 is 56.7 Å². The molecule has 0 fully saturated rings. The number of nitrogens with one attached hydrogen (secondary N) is 1. The molecule has 164 valence electrons. The lowest BCUT2D eigenvalue weighted by Crippen LogP contribution is -2.20. The van der Waals surface area contributed by atoms with Crippen LogP contribution in [0.15, 0.2) is 57.7 Å². The maximum absolute atomic E-state index is 12.8. The topological polar surface area (TPSA) is 87.0 Å². The first-order valence-corrected chi connectivity index (χ1v) is 10.2. The maximum Gasteiger partial charge on any atom is 0.262 e. The molecule has 3 aromatic carbocycles. The lowest BCUT2D eigenvalue weighted by atomic mass is 10.1. The van der Waals surface area contributed by atoms with Crippen molar-refractivity contribution < 1.29 is 23.4 Å². The highest BCUT2D eigenvalue weighted by molar-refractivity contribution is 6.36. The fraction of sp³-hybridized carbons (Fsp3) is 0.130. The second kappa shape index (κ2) is 8.98. The van der Waals surface area contributed by atoms with Gasteiger partial charge >= 0.3 is 0 Å². The van der Waals surface area contributed by atoms with E-state index < -0.39 is 5.91 Å². The Balaban J connectivity index is 1.56. The van der Waals surface area contributed by atoms with Crippen LogP contribution in [0.25, 0.3) is 21.9 Å². The van der Waals surface area contributed by atoms with Crippen LogP contribution < -0.4 is 25.0 Å². The molecule has 9 heteroatoms. The molecule has 1 heterocycles. The Labute approximate surface area is 192 Å². The first kappa shape index (κ1) is 21.8. The number of carbonyl (C=O) groups excluding carboxylic acids is 1. The number of halogens is 2. The van der Waals surface area contributed by atoms with Crippen LogP contribution in [0.1, 0.15) is 0 Å². The van der Waals surface area contributed by atoms with Gasteiger partial charge in [-0.05, 0) is 30.3 Å². The lowest BCUT2D eigenvalue weighted by molar-refractivity contribution is -0.118. The summed E-state index contributed by atoms with van der Waals surface area (Å²) in [4.78, 5) is 25.2. The highest BCUT2D eigenvalue weighted by Crippen LogP contribution is 2.35. The van der Waals surface area contributed by atoms with E-state index in [0.717, 1.165) is 0 Å². The van der Waals surface area contributed by atoms with Crippen LogP contribution in [0, 0.1) is 0 Å². The minimum Gasteiger partial charge on any atom is -0.495 e. The third-order valence-electron chi connectivity index (χ3n) is 4.73. The van der Waals surface area contributed by atoms with Crippen LogP contribution in [-0.2, 0) is 4.79 Å². The second-order valence-electron chi connectivity index (χ2n) is 6.73. The van der Waals surface area contributed by atoms with E-state index in [1.807, 2.05) is 0 Å². The Kier molecular flexibility index (Phi) is 6.12. The zero-order valence-corrected chi connectivity index (χ0v) is 18.5. The molecule has 0 radical (unpaired) electrons. The molecule has 0 bridgehead atoms. The van der Waals surface area contributed by atoms with Gasteiger partial charge in [0, 0.05) is 17.8 Å². The predicted octanol–water partition coefficient (Wildman–Crippen LogP) is 5.29. The molecule has 0 spiro atoms. The van der Waals surface area contributed by atoms with Crippen molar-refractivity contribution in [1.82, 2.24) is 0 Å². The zero-order valence-electron chi connectivity index (χ0n) is 17.0. The second-order valence-corrected chi connectivity index (χ2v) is 7.55. The van der Waals surface area contributed by atoms with Crippen LogP contribution in [0.2, 0.25) is 10.0 Å². The molecule has 0 aliphatic rings. The van der Waals surface area contributed by atoms with E-state index in [2.05, 4.69) is 5.32 Å². The highest BCUT2D eigenvalue weighted by Gasteiger charge is 2.14. The van der Waals surface area contributed by atoms with E-state index in [9.17, 15) is 9.59 Å². The average molecular weight is 474 g/mol. The Bertz CT molecular complexity index is 1400. The van der Waals surface area contributed by atoms with E-state index in [-0.39, 0.29) is 22.8 Å². The molecule has 1 aromatic heterocycles. The summed E-state index contributed by atoms with van der Waals surface area (Å²) in [7, 11) is 2.96. The van der Waals surface area contributed by atoms with Crippen LogP contribution >= 0.6 is 23.2 Å². The smallest absolute Gasteiger partial charge is 0.262 e. The molecule has 0 saturated heterocycles. The molecule has 0 unspecified atom stereocenters. The van der Waals surface area contributed by atoms with Crippen molar-refractivity contribution in [2.45, 2.75) is 0 Å². The molecule has 4 rings (SSSR count). The molecule has 0 aliphatic carbocycles. The fourth-order valence-corrected chi connectivity index (χ4v) is 3.72. The van der Waals surface area contributed by atoms with Gasteiger partial charge in [-0.2, -0.15) is 0 Å². The first-order valence-electron chi connectivity index (χ1n) is 9.40. The van der Waals surface area contributed by atoms with Crippen molar-refractivity contribution in [2.75, 3.05) is 26.1 Å². The van der Waals surface area contributed by atoms with Crippen LogP contribution in [-0.4, -0.2) is 26.7 Å². The van der Waals surface area contributed by atoms with Gasteiger partial charge in [-0.15, -0.1) is 0 Å². The van der Waals surface area contributed by atoms with E-state index >= 15 is 0 Å². The molecule has 0 aliphatic heterocycles. The number of para-hydroxylation sites is 1. The molecule has 1 amide bonds. The summed E-state index contributed by atoms with van der Waals surface area (Å²) in [6.07, 6.45) is 0. The quantitative estimate of drug-likeness (QED) is 0.383. The van der Waals surface area contributed by atoms with E-state index in [4.69, 9.17) is 41.8 Å². The zero-order chi connectivity index (χ0) is 22.8. The molecule has 1 N–H and O–H groups in total. The third kappa shape index (κ3) is 4.17. The number of amides is 1. The van der Waals surface area contributed by atoms with Crippen LogP contribution in [0.4, 0.5) is 5.69 Å². The monoisotopic (exact) mass is 473 g/mol. The van der Waals surface area contributed by atoms with Gasteiger partial charge < -0.3 is 23.9 Å². The molecular weight excluding hydrogens is 457 g/mol. The average Bonchev–Trinajstić information content (AvgIpc) is 2.78. The van der Waals surface area contributed by atoms with Crippen LogP contribution in [0.3, 0.4) is 0 Å². The van der Waals surface area contributed by atoms with Crippen LogP contribution in [0.5, 0.6) is 17.2 Å². The number of hydrogen-bond donors (Lipinski definition) is 1. The molecule has 0 atom stereocenters. The number of benzene rings is 3. The van der Waals surface area contributed by atoms with Gasteiger partial charge in [0.2, 0.25) is 5.43 Å². The number of ether oxygens (including phenoxy) is 3. The number of anilines is 1. The fourth-order valence-electron chi connectivity index (χ4n) is 3.21. The van der Waals surface area contributed by atoms with Crippen molar-refractivity contribution in [2.24, 2.45) is 0 Å². The molecule has 0 saturated carbocycles. The lowest BCUT2D eigenvalue weighted by Gasteiger charge is -2.11. The molecule has 32 heavy (non-hydrogen) atoms. The van der Waals surface area contributed by atoms with Crippen molar-refractivity contribution in [3.8, 4) is 17.2 Å². The van der Waals surface area contributed by atoms with Crippen molar-refractivity contribution in [3.05, 3.63) is 68.8 Å². The van der Waals surface area contributed by atoms with E-state index in [0.29, 0.717) is 44.1 Å². The summed E-state index contributed by atoms with van der Waals surface area (Å²) in [5, 5.41) is 4.08. The van der Waals surface area contributed by atoms with Crippen molar-refractivity contribution in [3.63, 3.8) is 0 Å². The Morgan fingerprint density at radius 1 is 0.938 bits per heavy atom. The number of hydrogen-bond acceptors (Lipinski definition) is 6. The highest BCUT2D eigenvalue weighted by atomic mass is 35.5. The number of carbonyl (C=O) groups is 1. The van der Waals surface area contributed by atoms with Gasteiger partial charge in [-0.25, -0.2) is 0 Å². The Hall–Kier alpha value is -3.42.